The highest BCUT2D eigenvalue weighted by molar-refractivity contribution is 14.0. The molecule has 16 heteroatoms. The van der Waals surface area contributed by atoms with Gasteiger partial charge in [-0.3, -0.25) is 4.55 Å². The van der Waals surface area contributed by atoms with Crippen LogP contribution in [0.4, 0.5) is 26.3 Å². The van der Waals surface area contributed by atoms with Crippen LogP contribution in [-0.2, 0) is 31.1 Å². The Morgan fingerprint density at radius 2 is 0.842 bits per heavy atom. The van der Waals surface area contributed by atoms with Gasteiger partial charge in [-0.1, -0.05) is 65.8 Å². The zero-order valence-electron chi connectivity index (χ0n) is 21.0. The molecule has 0 amide bonds. The maximum Gasteiger partial charge on any atom is 0.522 e. The zero-order chi connectivity index (χ0) is 29.7. The molecule has 0 aliphatic rings. The van der Waals surface area contributed by atoms with E-state index in [1.807, 2.05) is 0 Å². The highest BCUT2D eigenvalue weighted by Gasteiger charge is 2.44. The fourth-order valence-corrected chi connectivity index (χ4v) is 4.31. The summed E-state index contributed by atoms with van der Waals surface area (Å²) in [5.41, 5.74) is -7.87. The molecule has 2 aromatic carbocycles. The molecule has 38 heavy (non-hydrogen) atoms. The molecule has 2 rings (SSSR count). The second-order valence-electron chi connectivity index (χ2n) is 9.43. The molecular weight excluding hydrogens is 792 g/mol. The summed E-state index contributed by atoms with van der Waals surface area (Å²) in [4.78, 5) is 0. The first-order chi connectivity index (χ1) is 16.2. The van der Waals surface area contributed by atoms with Gasteiger partial charge >= 0.3 is 42.3 Å². The summed E-state index contributed by atoms with van der Waals surface area (Å²) in [6, 6.07) is 18.4. The van der Waals surface area contributed by atoms with Crippen LogP contribution < -0.4 is 21.2 Å². The van der Waals surface area contributed by atoms with E-state index >= 15 is 0 Å². The lowest BCUT2D eigenvalue weighted by atomic mass is 9.87. The fourth-order valence-electron chi connectivity index (χ4n) is 2.15. The van der Waals surface area contributed by atoms with Crippen LogP contribution in [0.3, 0.4) is 0 Å². The highest BCUT2D eigenvalue weighted by Crippen LogP contribution is 2.23. The Bertz CT molecular complexity index is 1120. The monoisotopic (exact) mass is 820 g/mol. The average Bonchev–Trinajstić information content (AvgIpc) is 2.65. The molecule has 0 aliphatic heterocycles. The molecule has 0 unspecified atom stereocenters. The van der Waals surface area contributed by atoms with Crippen molar-refractivity contribution < 1.29 is 73.5 Å². The quantitative estimate of drug-likeness (QED) is 0.215. The molecular formula is C22H28F6I2O6S2. The van der Waals surface area contributed by atoms with Crippen molar-refractivity contribution in [2.45, 2.75) is 63.4 Å². The third-order valence-corrected chi connectivity index (χ3v) is 8.05. The average molecular weight is 820 g/mol. The SMILES string of the molecule is CC(C)(C)c1ccc([I+]c2ccc(C(C)(C)C)cc2)cc1.I.O=S(=O)(O)C(F)(F)F.O=S(=O)([O-])C(F)(F)F. The molecule has 0 saturated carbocycles. The van der Waals surface area contributed by atoms with Crippen LogP contribution in [0.15, 0.2) is 48.5 Å². The van der Waals surface area contributed by atoms with E-state index in [1.54, 1.807) is 0 Å². The Hall–Kier alpha value is -0.700. The number of hydrogen-bond acceptors (Lipinski definition) is 5. The molecule has 0 aromatic heterocycles. The van der Waals surface area contributed by atoms with Crippen molar-refractivity contribution in [3.05, 3.63) is 66.8 Å². The van der Waals surface area contributed by atoms with Gasteiger partial charge < -0.3 is 4.55 Å². The van der Waals surface area contributed by atoms with Gasteiger partial charge in [0.25, 0.3) is 0 Å². The van der Waals surface area contributed by atoms with Gasteiger partial charge in [0.2, 0.25) is 0 Å². The van der Waals surface area contributed by atoms with Gasteiger partial charge in [-0.05, 0) is 46.2 Å². The van der Waals surface area contributed by atoms with Gasteiger partial charge in [0.1, 0.15) is 0 Å². The summed E-state index contributed by atoms with van der Waals surface area (Å²) in [6.45, 7) is 13.6. The minimum absolute atomic E-state index is 0. The largest absolute Gasteiger partial charge is 0.741 e. The molecule has 0 aliphatic carbocycles. The third-order valence-electron chi connectivity index (χ3n) is 4.21. The van der Waals surface area contributed by atoms with E-state index in [1.165, 1.54) is 18.3 Å². The minimum atomic E-state index is -6.09. The summed E-state index contributed by atoms with van der Waals surface area (Å²) in [7, 11) is -11.9. The maximum absolute atomic E-state index is 10.7. The van der Waals surface area contributed by atoms with E-state index in [0.29, 0.717) is 0 Å². The van der Waals surface area contributed by atoms with Gasteiger partial charge in [-0.25, -0.2) is 8.42 Å². The van der Waals surface area contributed by atoms with Gasteiger partial charge in [-0.2, -0.15) is 34.8 Å². The Morgan fingerprint density at radius 3 is 0.974 bits per heavy atom. The summed E-state index contributed by atoms with van der Waals surface area (Å²) >= 11 is -0.0703. The van der Waals surface area contributed by atoms with Gasteiger partial charge in [0, 0.05) is 0 Å². The molecule has 2 aromatic rings. The van der Waals surface area contributed by atoms with E-state index in [9.17, 15) is 26.3 Å². The van der Waals surface area contributed by atoms with Crippen molar-refractivity contribution in [2.75, 3.05) is 0 Å². The van der Waals surface area contributed by atoms with Crippen molar-refractivity contribution in [3.63, 3.8) is 0 Å². The first-order valence-electron chi connectivity index (χ1n) is 10.1. The zero-order valence-corrected chi connectivity index (χ0v) is 27.1. The first-order valence-corrected chi connectivity index (χ1v) is 15.1. The van der Waals surface area contributed by atoms with Gasteiger partial charge in [-0.15, -0.1) is 24.0 Å². The van der Waals surface area contributed by atoms with E-state index < -0.39 is 31.3 Å². The minimum Gasteiger partial charge on any atom is -0.741 e. The molecule has 0 radical (unpaired) electrons. The summed E-state index contributed by atoms with van der Waals surface area (Å²) < 4.78 is 119. The molecule has 0 heterocycles. The predicted octanol–water partition coefficient (Wildman–Crippen LogP) is 3.47. The van der Waals surface area contributed by atoms with E-state index in [-0.39, 0.29) is 56.0 Å². The Balaban J connectivity index is 0. The van der Waals surface area contributed by atoms with Crippen molar-refractivity contribution in [2.24, 2.45) is 0 Å². The molecule has 6 nitrogen and oxygen atoms in total. The molecule has 0 atom stereocenters. The number of alkyl halides is 6. The highest BCUT2D eigenvalue weighted by atomic mass is 127. The number of hydrogen-bond donors (Lipinski definition) is 1. The van der Waals surface area contributed by atoms with Gasteiger partial charge in [0.15, 0.2) is 17.3 Å². The topological polar surface area (TPSA) is 112 Å². The maximum atomic E-state index is 10.7. The molecule has 1 N–H and O–H groups in total. The molecule has 0 bridgehead atoms. The Morgan fingerprint density at radius 1 is 0.632 bits per heavy atom. The van der Waals surface area contributed by atoms with Crippen LogP contribution in [0.25, 0.3) is 0 Å². The normalized spacial score (nSPS) is 12.8. The van der Waals surface area contributed by atoms with Crippen molar-refractivity contribution in [1.29, 1.82) is 0 Å². The van der Waals surface area contributed by atoms with Gasteiger partial charge in [0.05, 0.1) is 0 Å². The van der Waals surface area contributed by atoms with E-state index in [2.05, 4.69) is 90.1 Å². The van der Waals surface area contributed by atoms with Crippen molar-refractivity contribution in [3.8, 4) is 0 Å². The molecule has 220 valence electrons. The summed E-state index contributed by atoms with van der Waals surface area (Å²) in [5.74, 6) is 0. The number of halogens is 8. The van der Waals surface area contributed by atoms with Crippen LogP contribution in [-0.4, -0.2) is 37.0 Å². The summed E-state index contributed by atoms with van der Waals surface area (Å²) in [6.07, 6.45) is 0. The lowest BCUT2D eigenvalue weighted by Crippen LogP contribution is -3.61. The van der Waals surface area contributed by atoms with E-state index in [0.717, 1.165) is 0 Å². The number of benzene rings is 2. The second kappa shape index (κ2) is 14.3. The second-order valence-corrected chi connectivity index (χ2v) is 15.2. The Labute approximate surface area is 246 Å². The van der Waals surface area contributed by atoms with Crippen LogP contribution in [0, 0.1) is 7.14 Å². The Kier molecular flexibility index (Phi) is 14.8. The molecule has 0 saturated heterocycles. The van der Waals surface area contributed by atoms with Crippen LogP contribution >= 0.6 is 24.0 Å². The van der Waals surface area contributed by atoms with Crippen molar-refractivity contribution in [1.82, 2.24) is 0 Å². The smallest absolute Gasteiger partial charge is 0.522 e. The van der Waals surface area contributed by atoms with Crippen LogP contribution in [0.5, 0.6) is 0 Å². The standard InChI is InChI=1S/C20H26I.2CHF3O3S.HI/c1-19(2,3)15-7-11-17(12-8-15)21-18-13-9-16(10-14-18)20(4,5)6;2*2-1(3,4)8(5,6)7;/h7-14H,1-6H3;2*(H,5,6,7);1H/q+1;;;/p-1. The third kappa shape index (κ3) is 14.6. The summed E-state index contributed by atoms with van der Waals surface area (Å²) in [5, 5.41) is 0. The van der Waals surface area contributed by atoms with E-state index in [4.69, 9.17) is 25.9 Å². The van der Waals surface area contributed by atoms with Crippen LogP contribution in [0.2, 0.25) is 0 Å². The van der Waals surface area contributed by atoms with Crippen LogP contribution in [0.1, 0.15) is 52.7 Å². The predicted molar refractivity (Wildman–Crippen MR) is 136 cm³/mol. The van der Waals surface area contributed by atoms with Crippen molar-refractivity contribution >= 4 is 44.2 Å². The fraction of sp³-hybridized carbons (Fsp3) is 0.455. The lowest BCUT2D eigenvalue weighted by molar-refractivity contribution is -0.597. The molecule has 0 fully saturated rings. The number of rotatable bonds is 2. The first kappa shape index (κ1) is 39.4. The lowest BCUT2D eigenvalue weighted by Gasteiger charge is -2.18. The molecule has 0 spiro atoms.